The Balaban J connectivity index is 0.000000135. The fourth-order valence-electron chi connectivity index (χ4n) is 18.2. The number of nitrogens with zero attached hydrogens (tertiary/aromatic N) is 8. The van der Waals surface area contributed by atoms with Crippen molar-refractivity contribution in [3.63, 3.8) is 0 Å². The van der Waals surface area contributed by atoms with Gasteiger partial charge in [0.1, 0.15) is 0 Å². The van der Waals surface area contributed by atoms with E-state index >= 15 is 0 Å². The van der Waals surface area contributed by atoms with Crippen molar-refractivity contribution in [2.75, 3.05) is 0 Å². The quantitative estimate of drug-likeness (QED) is 0.151. The number of hydrogen-bond donors (Lipinski definition) is 0. The first-order valence-corrected chi connectivity index (χ1v) is 39.9. The summed E-state index contributed by atoms with van der Waals surface area (Å²) in [5.41, 5.74) is 23.7. The Bertz CT molecular complexity index is 7870. The predicted molar refractivity (Wildman–Crippen MR) is 474 cm³/mol. The third-order valence-corrected chi connectivity index (χ3v) is 25.6. The van der Waals surface area contributed by atoms with Gasteiger partial charge in [0.15, 0.2) is 22.9 Å². The Labute approximate surface area is 657 Å². The van der Waals surface area contributed by atoms with Crippen LogP contribution >= 0.6 is 22.7 Å². The van der Waals surface area contributed by atoms with E-state index in [0.717, 1.165) is 83.6 Å². The van der Waals surface area contributed by atoms with E-state index < -0.39 is 0 Å². The molecule has 113 heavy (non-hydrogen) atoms. The van der Waals surface area contributed by atoms with E-state index in [2.05, 4.69) is 351 Å². The van der Waals surface area contributed by atoms with E-state index in [1.54, 1.807) is 0 Å². The Morgan fingerprint density at radius 3 is 1.19 bits per heavy atom. The Morgan fingerprint density at radius 1 is 0.265 bits per heavy atom. The molecule has 0 unspecified atom stereocenters. The lowest BCUT2D eigenvalue weighted by Crippen LogP contribution is -2.15. The van der Waals surface area contributed by atoms with Gasteiger partial charge in [0.2, 0.25) is 0 Å². The molecule has 0 atom stereocenters. The molecule has 0 amide bonds. The highest BCUT2D eigenvalue weighted by atomic mass is 32.1. The van der Waals surface area contributed by atoms with Gasteiger partial charge in [-0.25, -0.2) is 29.9 Å². The molecule has 0 N–H and O–H groups in total. The van der Waals surface area contributed by atoms with Crippen LogP contribution in [0, 0.1) is 0 Å². The van der Waals surface area contributed by atoms with Gasteiger partial charge in [0, 0.05) is 135 Å². The van der Waals surface area contributed by atoms with Gasteiger partial charge in [-0.05, 0) is 152 Å². The van der Waals surface area contributed by atoms with Crippen LogP contribution < -0.4 is 0 Å². The highest BCUT2D eigenvalue weighted by Gasteiger charge is 2.36. The molecule has 0 fully saturated rings. The molecule has 15 aromatic carbocycles. The van der Waals surface area contributed by atoms with Crippen LogP contribution in [0.3, 0.4) is 0 Å². The van der Waals surface area contributed by atoms with E-state index in [0.29, 0.717) is 22.9 Å². The molecule has 1 aliphatic carbocycles. The minimum absolute atomic E-state index is 0.118. The fraction of sp³-hybridized carbons (Fsp3) is 0.0291. The maximum Gasteiger partial charge on any atom is 0.163 e. The van der Waals surface area contributed by atoms with Gasteiger partial charge in [0.05, 0.1) is 33.5 Å². The van der Waals surface area contributed by atoms with Gasteiger partial charge in [-0.2, -0.15) is 0 Å². The molecule has 8 nitrogen and oxygen atoms in total. The minimum atomic E-state index is -0.118. The maximum atomic E-state index is 5.42. The zero-order valence-corrected chi connectivity index (χ0v) is 63.0. The van der Waals surface area contributed by atoms with E-state index in [1.807, 2.05) is 47.2 Å². The van der Waals surface area contributed by atoms with E-state index in [9.17, 15) is 0 Å². The zero-order chi connectivity index (χ0) is 74.6. The molecule has 0 radical (unpaired) electrons. The van der Waals surface area contributed by atoms with Crippen LogP contribution in [0.15, 0.2) is 352 Å². The summed E-state index contributed by atoms with van der Waals surface area (Å²) in [5, 5.41) is 17.2. The summed E-state index contributed by atoms with van der Waals surface area (Å²) in [6, 6.07) is 122. The van der Waals surface area contributed by atoms with Gasteiger partial charge in [0.25, 0.3) is 0 Å². The molecule has 0 saturated carbocycles. The number of para-hydroxylation sites is 2. The summed E-state index contributed by atoms with van der Waals surface area (Å²) >= 11 is 3.76. The number of hydrogen-bond acceptors (Lipinski definition) is 8. The van der Waals surface area contributed by atoms with E-state index in [4.69, 9.17) is 29.9 Å². The largest absolute Gasteiger partial charge is 0.309 e. The number of aromatic nitrogens is 8. The van der Waals surface area contributed by atoms with Crippen molar-refractivity contribution in [1.29, 1.82) is 0 Å². The normalized spacial score (nSPS) is 12.6. The van der Waals surface area contributed by atoms with Crippen molar-refractivity contribution in [3.05, 3.63) is 363 Å². The molecule has 8 aromatic heterocycles. The summed E-state index contributed by atoms with van der Waals surface area (Å²) in [4.78, 5) is 30.6. The summed E-state index contributed by atoms with van der Waals surface area (Å²) in [7, 11) is 0. The highest BCUT2D eigenvalue weighted by molar-refractivity contribution is 7.27. The number of thiophene rings is 2. The second-order valence-corrected chi connectivity index (χ2v) is 32.1. The second-order valence-electron chi connectivity index (χ2n) is 30.0. The first-order valence-electron chi connectivity index (χ1n) is 38.3. The lowest BCUT2D eigenvalue weighted by atomic mass is 9.82. The van der Waals surface area contributed by atoms with Crippen LogP contribution in [0.1, 0.15) is 25.0 Å². The molecule has 0 aliphatic heterocycles. The molecule has 8 heterocycles. The lowest BCUT2D eigenvalue weighted by Gasteiger charge is -2.22. The van der Waals surface area contributed by atoms with Crippen molar-refractivity contribution in [1.82, 2.24) is 39.0 Å². The van der Waals surface area contributed by atoms with Crippen LogP contribution in [-0.2, 0) is 5.41 Å². The van der Waals surface area contributed by atoms with Gasteiger partial charge in [-0.1, -0.05) is 257 Å². The first kappa shape index (κ1) is 64.8. The molecule has 24 rings (SSSR count). The summed E-state index contributed by atoms with van der Waals surface area (Å²) in [6.07, 6.45) is 3.63. The summed E-state index contributed by atoms with van der Waals surface area (Å²) < 4.78 is 10.1. The summed E-state index contributed by atoms with van der Waals surface area (Å²) in [6.45, 7) is 4.64. The van der Waals surface area contributed by atoms with Crippen molar-refractivity contribution < 1.29 is 0 Å². The fourth-order valence-corrected chi connectivity index (χ4v) is 20.7. The molecular formula is C103H64N8S2. The maximum absolute atomic E-state index is 5.42. The van der Waals surface area contributed by atoms with Gasteiger partial charge in [-0.3, -0.25) is 0 Å². The predicted octanol–water partition coefficient (Wildman–Crippen LogP) is 27.6. The number of fused-ring (bicyclic) bond motifs is 25. The van der Waals surface area contributed by atoms with Crippen LogP contribution in [0.25, 0.3) is 218 Å². The lowest BCUT2D eigenvalue weighted by molar-refractivity contribution is 0.660. The number of rotatable bonds is 8. The van der Waals surface area contributed by atoms with Crippen LogP contribution in [0.5, 0.6) is 0 Å². The highest BCUT2D eigenvalue weighted by Crippen LogP contribution is 2.53. The molecule has 0 bridgehead atoms. The minimum Gasteiger partial charge on any atom is -0.309 e. The monoisotopic (exact) mass is 1480 g/mol. The Hall–Kier alpha value is -14.2. The van der Waals surface area contributed by atoms with E-state index in [-0.39, 0.29) is 5.41 Å². The van der Waals surface area contributed by atoms with Gasteiger partial charge < -0.3 is 9.13 Å². The smallest absolute Gasteiger partial charge is 0.163 e. The van der Waals surface area contributed by atoms with Crippen molar-refractivity contribution >= 4 is 150 Å². The van der Waals surface area contributed by atoms with Crippen molar-refractivity contribution in [3.8, 4) is 90.0 Å². The standard InChI is InChI=1S/C53H32N4S.C50H32N4S/c1-3-15-33(16-4-1)36-29-37(34-17-5-2-6-18-34)31-38(30-36)49-44-25-14-28-54-53(44)56-52(55-49)35-19-13-20-39(32-35)57-45-26-11-9-23-42(45)47-40-21-7-8-22-41(40)51-48(50(47)57)43-24-10-12-27-46(43)58-51;1-50(2)39-21-8-5-15-32(39)33-25-24-29(28-40(33)50)45-38-20-12-26-51-49(38)53-48(52-45)30-13-11-14-31(27-30)54-41-22-9-6-18-36(41)43-34-16-3-4-17-35(34)47-44(46(43)54)37-19-7-10-23-42(37)55-47/h1-32H;3-28H,1-2H3. The summed E-state index contributed by atoms with van der Waals surface area (Å²) in [5.74, 6) is 1.29. The molecule has 23 aromatic rings. The van der Waals surface area contributed by atoms with Crippen LogP contribution in [-0.4, -0.2) is 39.0 Å². The second kappa shape index (κ2) is 25.5. The first-order chi connectivity index (χ1) is 55.8. The SMILES string of the molecule is CC1(C)c2ccccc2-c2ccc(-c3nc(-c4cccc(-n5c6ccccc6c6c7ccccc7c7sc8ccccc8c7c65)c4)nc4ncccc34)cc21.c1ccc(-c2cc(-c3ccccc3)cc(-c3nc(-c4cccc(-n5c6ccccc6c6c7ccccc7c7sc8ccccc8c7c65)c4)nc4ncccc34)c2)cc1. The Kier molecular flexibility index (Phi) is 14.6. The van der Waals surface area contributed by atoms with Crippen LogP contribution in [0.4, 0.5) is 0 Å². The molecule has 528 valence electrons. The van der Waals surface area contributed by atoms with Crippen molar-refractivity contribution in [2.24, 2.45) is 0 Å². The molecule has 10 heteroatoms. The third-order valence-electron chi connectivity index (χ3n) is 23.2. The van der Waals surface area contributed by atoms with Gasteiger partial charge in [-0.15, -0.1) is 22.7 Å². The molecule has 0 spiro atoms. The zero-order valence-electron chi connectivity index (χ0n) is 61.4. The third kappa shape index (κ3) is 10.1. The molecular weight excluding hydrogens is 1410 g/mol. The van der Waals surface area contributed by atoms with Gasteiger partial charge >= 0.3 is 0 Å². The number of pyridine rings is 2. The average Bonchev–Trinajstić information content (AvgIpc) is 1.54. The van der Waals surface area contributed by atoms with Crippen LogP contribution in [0.2, 0.25) is 0 Å². The molecule has 0 saturated heterocycles. The number of benzene rings is 15. The topological polar surface area (TPSA) is 87.2 Å². The van der Waals surface area contributed by atoms with E-state index in [1.165, 1.54) is 122 Å². The van der Waals surface area contributed by atoms with Crippen molar-refractivity contribution in [2.45, 2.75) is 19.3 Å². The Morgan fingerprint density at radius 2 is 0.673 bits per heavy atom. The average molecular weight is 1480 g/mol. The molecule has 1 aliphatic rings.